The third-order valence-corrected chi connectivity index (χ3v) is 6.51. The zero-order valence-electron chi connectivity index (χ0n) is 22.8. The highest BCUT2D eigenvalue weighted by atomic mass is 15.2. The van der Waals surface area contributed by atoms with Crippen molar-refractivity contribution < 1.29 is 0 Å². The quantitative estimate of drug-likeness (QED) is 0.282. The molecule has 2 nitrogen and oxygen atoms in total. The molecule has 1 N–H and O–H groups in total. The molecule has 0 unspecified atom stereocenters. The molecule has 37 heavy (non-hydrogen) atoms. The molecule has 3 rings (SSSR count). The summed E-state index contributed by atoms with van der Waals surface area (Å²) in [6.45, 7) is 22.4. The van der Waals surface area contributed by atoms with Crippen molar-refractivity contribution in [1.29, 1.82) is 0 Å². The molecule has 1 heterocycles. The molecule has 0 aliphatic carbocycles. The van der Waals surface area contributed by atoms with E-state index in [-0.39, 0.29) is 0 Å². The Kier molecular flexibility index (Phi) is 9.29. The van der Waals surface area contributed by atoms with E-state index in [0.29, 0.717) is 0 Å². The number of para-hydroxylation sites is 1. The maximum absolute atomic E-state index is 4.01. The lowest BCUT2D eigenvalue weighted by Gasteiger charge is -2.32. The van der Waals surface area contributed by atoms with Gasteiger partial charge in [-0.3, -0.25) is 0 Å². The van der Waals surface area contributed by atoms with E-state index in [1.165, 1.54) is 16.5 Å². The number of nitrogens with zero attached hydrogens (tertiary/aromatic N) is 1. The van der Waals surface area contributed by atoms with Crippen molar-refractivity contribution in [2.75, 3.05) is 4.90 Å². The Morgan fingerprint density at radius 1 is 0.946 bits per heavy atom. The van der Waals surface area contributed by atoms with Crippen LogP contribution in [0.25, 0.3) is 28.1 Å². The van der Waals surface area contributed by atoms with Gasteiger partial charge in [0.15, 0.2) is 0 Å². The molecule has 0 saturated heterocycles. The van der Waals surface area contributed by atoms with Crippen LogP contribution in [0.3, 0.4) is 0 Å². The lowest BCUT2D eigenvalue weighted by molar-refractivity contribution is 1.09. The number of benzene rings is 2. The van der Waals surface area contributed by atoms with E-state index in [1.807, 2.05) is 31.2 Å². The van der Waals surface area contributed by atoms with Crippen molar-refractivity contribution in [3.05, 3.63) is 145 Å². The molecule has 0 amide bonds. The van der Waals surface area contributed by atoms with Gasteiger partial charge >= 0.3 is 0 Å². The molecular formula is C35H38N2. The van der Waals surface area contributed by atoms with Crippen LogP contribution < -0.4 is 4.90 Å². The smallest absolute Gasteiger partial charge is 0.0569 e. The van der Waals surface area contributed by atoms with E-state index < -0.39 is 0 Å². The first-order valence-electron chi connectivity index (χ1n) is 12.6. The number of aromatic nitrogens is 1. The monoisotopic (exact) mass is 486 g/mol. The summed E-state index contributed by atoms with van der Waals surface area (Å²) in [5.41, 5.74) is 11.3. The molecule has 0 bridgehead atoms. The number of hydrogen-bond donors (Lipinski definition) is 1. The van der Waals surface area contributed by atoms with Crippen molar-refractivity contribution in [1.82, 2.24) is 4.98 Å². The number of anilines is 1. The number of hydrogen-bond acceptors (Lipinski definition) is 1. The van der Waals surface area contributed by atoms with E-state index in [1.54, 1.807) is 6.08 Å². The van der Waals surface area contributed by atoms with E-state index >= 15 is 0 Å². The fraction of sp³-hybridized carbons (Fsp3) is 0.143. The molecule has 0 aliphatic heterocycles. The molecule has 3 aromatic rings. The fourth-order valence-corrected chi connectivity index (χ4v) is 4.56. The van der Waals surface area contributed by atoms with Gasteiger partial charge in [-0.2, -0.15) is 0 Å². The van der Waals surface area contributed by atoms with Gasteiger partial charge in [0.25, 0.3) is 0 Å². The molecule has 0 atom stereocenters. The van der Waals surface area contributed by atoms with Gasteiger partial charge in [-0.15, -0.1) is 0 Å². The summed E-state index contributed by atoms with van der Waals surface area (Å²) in [6.07, 6.45) is 19.9. The summed E-state index contributed by atoms with van der Waals surface area (Å²) in [4.78, 5) is 5.85. The first kappa shape index (κ1) is 27.3. The second-order valence-corrected chi connectivity index (χ2v) is 8.91. The Morgan fingerprint density at radius 2 is 1.70 bits per heavy atom. The van der Waals surface area contributed by atoms with Crippen molar-refractivity contribution in [3.8, 4) is 11.1 Å². The number of rotatable bonds is 10. The number of allylic oxidation sites excluding steroid dienone is 10. The Morgan fingerprint density at radius 3 is 2.35 bits per heavy atom. The lowest BCUT2D eigenvalue weighted by Crippen LogP contribution is -2.23. The van der Waals surface area contributed by atoms with Crippen LogP contribution in [-0.4, -0.2) is 4.98 Å². The minimum absolute atomic E-state index is 1.03. The van der Waals surface area contributed by atoms with Gasteiger partial charge in [0.1, 0.15) is 0 Å². The van der Waals surface area contributed by atoms with Crippen LogP contribution in [0.1, 0.15) is 37.6 Å². The van der Waals surface area contributed by atoms with Gasteiger partial charge in [0.2, 0.25) is 0 Å². The van der Waals surface area contributed by atoms with E-state index in [2.05, 4.69) is 124 Å². The number of nitrogens with one attached hydrogen (secondary N) is 1. The maximum atomic E-state index is 4.01. The SMILES string of the molecule is C=C/C=C\c1[nH]c2ccc(-c3cccc(C)c3N(C(/C=C\C)=C/C=C)C(=C/C=C)/C(C)=C\C)cc2c1C. The van der Waals surface area contributed by atoms with Crippen molar-refractivity contribution >= 4 is 22.7 Å². The Hall–Kier alpha value is -4.30. The standard InChI is InChI=1S/C35H38N2/c1-9-14-21-32-27(8)31-24-28(22-23-33(31)36-32)30-20-15-19-26(7)35(30)37(29(16-10-2)17-11-3)34(18-12-4)25(6)13-5/h9-24,36H,1-2,4H2,3,5-8H3/b17-11-,21-14-,25-13-,29-16+,34-18+. The highest BCUT2D eigenvalue weighted by Crippen LogP contribution is 2.41. The number of fused-ring (bicyclic) bond motifs is 1. The summed E-state index contributed by atoms with van der Waals surface area (Å²) in [5.74, 6) is 0. The second kappa shape index (κ2) is 12.6. The van der Waals surface area contributed by atoms with E-state index in [9.17, 15) is 0 Å². The summed E-state index contributed by atoms with van der Waals surface area (Å²) in [5, 5.41) is 1.21. The minimum Gasteiger partial charge on any atom is -0.355 e. The molecule has 0 spiro atoms. The van der Waals surface area contributed by atoms with E-state index in [0.717, 1.165) is 45.0 Å². The molecule has 0 fully saturated rings. The highest BCUT2D eigenvalue weighted by Gasteiger charge is 2.22. The third kappa shape index (κ3) is 5.76. The molecular weight excluding hydrogens is 448 g/mol. The predicted octanol–water partition coefficient (Wildman–Crippen LogP) is 10.1. The van der Waals surface area contributed by atoms with Crippen LogP contribution in [0.15, 0.2) is 128 Å². The lowest BCUT2D eigenvalue weighted by atomic mass is 9.96. The molecule has 2 heteroatoms. The molecule has 0 aliphatic rings. The summed E-state index contributed by atoms with van der Waals surface area (Å²) in [7, 11) is 0. The summed E-state index contributed by atoms with van der Waals surface area (Å²) < 4.78 is 0. The van der Waals surface area contributed by atoms with Crippen LogP contribution in [0.2, 0.25) is 0 Å². The van der Waals surface area contributed by atoms with Gasteiger partial charge in [0.05, 0.1) is 5.69 Å². The zero-order valence-corrected chi connectivity index (χ0v) is 22.8. The number of H-pyrrole nitrogens is 1. The van der Waals surface area contributed by atoms with Gasteiger partial charge in [-0.05, 0) is 93.3 Å². The Labute approximate surface area is 222 Å². The maximum Gasteiger partial charge on any atom is 0.0569 e. The van der Waals surface area contributed by atoms with Crippen LogP contribution in [-0.2, 0) is 0 Å². The molecule has 0 radical (unpaired) electrons. The molecule has 0 saturated carbocycles. The van der Waals surface area contributed by atoms with Crippen LogP contribution in [0.5, 0.6) is 0 Å². The largest absolute Gasteiger partial charge is 0.355 e. The van der Waals surface area contributed by atoms with Crippen molar-refractivity contribution in [3.63, 3.8) is 0 Å². The van der Waals surface area contributed by atoms with Crippen LogP contribution >= 0.6 is 0 Å². The van der Waals surface area contributed by atoms with Gasteiger partial charge in [-0.25, -0.2) is 0 Å². The highest BCUT2D eigenvalue weighted by molar-refractivity contribution is 5.94. The van der Waals surface area contributed by atoms with Gasteiger partial charge in [-0.1, -0.05) is 80.5 Å². The third-order valence-electron chi connectivity index (χ3n) is 6.51. The first-order valence-corrected chi connectivity index (χ1v) is 12.6. The van der Waals surface area contributed by atoms with Crippen molar-refractivity contribution in [2.24, 2.45) is 0 Å². The fourth-order valence-electron chi connectivity index (χ4n) is 4.56. The minimum atomic E-state index is 1.03. The molecule has 188 valence electrons. The predicted molar refractivity (Wildman–Crippen MR) is 166 cm³/mol. The topological polar surface area (TPSA) is 19.0 Å². The number of aromatic amines is 1. The van der Waals surface area contributed by atoms with Crippen molar-refractivity contribution in [2.45, 2.75) is 34.6 Å². The average Bonchev–Trinajstić information content (AvgIpc) is 3.22. The average molecular weight is 487 g/mol. The Balaban J connectivity index is 2.38. The van der Waals surface area contributed by atoms with Gasteiger partial charge in [0, 0.05) is 33.6 Å². The summed E-state index contributed by atoms with van der Waals surface area (Å²) in [6, 6.07) is 13.2. The summed E-state index contributed by atoms with van der Waals surface area (Å²) >= 11 is 0. The van der Waals surface area contributed by atoms with Crippen LogP contribution in [0.4, 0.5) is 5.69 Å². The molecule has 2 aromatic carbocycles. The second-order valence-electron chi connectivity index (χ2n) is 8.91. The van der Waals surface area contributed by atoms with E-state index in [4.69, 9.17) is 0 Å². The van der Waals surface area contributed by atoms with Gasteiger partial charge < -0.3 is 9.88 Å². The Bertz CT molecular complexity index is 1460. The van der Waals surface area contributed by atoms with Crippen LogP contribution in [0, 0.1) is 13.8 Å². The molecule has 1 aromatic heterocycles. The normalized spacial score (nSPS) is 13.1. The first-order chi connectivity index (χ1) is 17.9. The number of aryl methyl sites for hydroxylation is 2. The zero-order chi connectivity index (χ0) is 26.9.